The number of aromatic hydroxyl groups is 1. The summed E-state index contributed by atoms with van der Waals surface area (Å²) >= 11 is 5.94. The molecule has 2 rings (SSSR count). The fourth-order valence-corrected chi connectivity index (χ4v) is 2.75. The van der Waals surface area contributed by atoms with E-state index >= 15 is 0 Å². The van der Waals surface area contributed by atoms with Crippen molar-refractivity contribution in [2.24, 2.45) is 5.41 Å². The summed E-state index contributed by atoms with van der Waals surface area (Å²) in [6.07, 6.45) is 3.82. The van der Waals surface area contributed by atoms with Crippen molar-refractivity contribution in [2.75, 3.05) is 13.1 Å². The molecule has 0 aliphatic carbocycles. The van der Waals surface area contributed by atoms with Gasteiger partial charge in [-0.1, -0.05) is 31.5 Å². The summed E-state index contributed by atoms with van der Waals surface area (Å²) in [5.41, 5.74) is 1.65. The van der Waals surface area contributed by atoms with Gasteiger partial charge in [0.15, 0.2) is 0 Å². The smallest absolute Gasteiger partial charge is 0.134 e. The van der Waals surface area contributed by atoms with Crippen LogP contribution in [0.25, 0.3) is 0 Å². The van der Waals surface area contributed by atoms with Crippen LogP contribution in [0.2, 0.25) is 5.02 Å². The Morgan fingerprint density at radius 2 is 2.06 bits per heavy atom. The molecular formula is C15H22ClNO. The highest BCUT2D eigenvalue weighted by Crippen LogP contribution is 2.30. The van der Waals surface area contributed by atoms with Crippen molar-refractivity contribution in [3.8, 4) is 5.75 Å². The summed E-state index contributed by atoms with van der Waals surface area (Å²) in [6.45, 7) is 7.94. The van der Waals surface area contributed by atoms with Gasteiger partial charge in [0.2, 0.25) is 0 Å². The fraction of sp³-hybridized carbons (Fsp3) is 0.600. The molecule has 0 saturated carbocycles. The Morgan fingerprint density at radius 1 is 1.28 bits per heavy atom. The van der Waals surface area contributed by atoms with Crippen LogP contribution >= 0.6 is 11.6 Å². The summed E-state index contributed by atoms with van der Waals surface area (Å²) in [4.78, 5) is 2.48. The first kappa shape index (κ1) is 13.7. The number of hydrogen-bond donors (Lipinski definition) is 1. The first-order valence-electron chi connectivity index (χ1n) is 6.66. The minimum atomic E-state index is 0.164. The molecule has 0 bridgehead atoms. The Kier molecular flexibility index (Phi) is 4.18. The van der Waals surface area contributed by atoms with E-state index in [0.29, 0.717) is 10.4 Å². The van der Waals surface area contributed by atoms with Gasteiger partial charge in [-0.05, 0) is 55.5 Å². The van der Waals surface area contributed by atoms with Crippen LogP contribution in [-0.2, 0) is 6.54 Å². The van der Waals surface area contributed by atoms with Crippen LogP contribution in [0.15, 0.2) is 18.2 Å². The predicted molar refractivity (Wildman–Crippen MR) is 76.0 cm³/mol. The molecule has 1 fully saturated rings. The fourth-order valence-electron chi connectivity index (χ4n) is 2.54. The van der Waals surface area contributed by atoms with E-state index < -0.39 is 0 Å². The maximum absolute atomic E-state index is 9.42. The number of hydrogen-bond acceptors (Lipinski definition) is 2. The summed E-state index contributed by atoms with van der Waals surface area (Å²) < 4.78 is 0. The third kappa shape index (κ3) is 3.63. The van der Waals surface area contributed by atoms with E-state index in [4.69, 9.17) is 11.6 Å². The topological polar surface area (TPSA) is 23.5 Å². The molecule has 0 unspecified atom stereocenters. The Bertz CT molecular complexity index is 417. The van der Waals surface area contributed by atoms with Crippen LogP contribution in [0.1, 0.15) is 38.7 Å². The molecule has 0 aromatic heterocycles. The van der Waals surface area contributed by atoms with Crippen molar-refractivity contribution in [2.45, 2.75) is 39.7 Å². The van der Waals surface area contributed by atoms with E-state index in [1.807, 2.05) is 12.1 Å². The van der Waals surface area contributed by atoms with E-state index in [1.54, 1.807) is 6.07 Å². The molecule has 100 valence electrons. The minimum Gasteiger partial charge on any atom is -0.506 e. The summed E-state index contributed by atoms with van der Waals surface area (Å²) in [7, 11) is 0. The van der Waals surface area contributed by atoms with E-state index in [0.717, 1.165) is 19.6 Å². The predicted octanol–water partition coefficient (Wildman–Crippen LogP) is 4.06. The van der Waals surface area contributed by atoms with Gasteiger partial charge in [0, 0.05) is 6.54 Å². The SMILES string of the molecule is CC1(C)CCCN(Cc2ccc(O)c(Cl)c2)CC1. The average Bonchev–Trinajstić information content (AvgIpc) is 2.46. The van der Waals surface area contributed by atoms with Crippen LogP contribution in [0.3, 0.4) is 0 Å². The zero-order valence-electron chi connectivity index (χ0n) is 11.2. The summed E-state index contributed by atoms with van der Waals surface area (Å²) in [5.74, 6) is 0.164. The third-order valence-electron chi connectivity index (χ3n) is 3.85. The molecule has 3 heteroatoms. The first-order chi connectivity index (χ1) is 8.46. The lowest BCUT2D eigenvalue weighted by atomic mass is 9.85. The number of phenols is 1. The third-order valence-corrected chi connectivity index (χ3v) is 4.15. The molecule has 1 heterocycles. The molecule has 1 aromatic carbocycles. The van der Waals surface area contributed by atoms with Gasteiger partial charge in [-0.3, -0.25) is 4.90 Å². The zero-order valence-corrected chi connectivity index (χ0v) is 12.0. The molecule has 18 heavy (non-hydrogen) atoms. The number of rotatable bonds is 2. The van der Waals surface area contributed by atoms with Crippen molar-refractivity contribution < 1.29 is 5.11 Å². The largest absolute Gasteiger partial charge is 0.506 e. The second-order valence-electron chi connectivity index (χ2n) is 6.08. The Balaban J connectivity index is 1.98. The molecule has 1 aliphatic rings. The number of nitrogens with zero attached hydrogens (tertiary/aromatic N) is 1. The molecule has 0 spiro atoms. The maximum atomic E-state index is 9.42. The van der Waals surface area contributed by atoms with Gasteiger partial charge in [-0.2, -0.15) is 0 Å². The molecule has 0 radical (unpaired) electrons. The quantitative estimate of drug-likeness (QED) is 0.874. The van der Waals surface area contributed by atoms with Crippen LogP contribution in [-0.4, -0.2) is 23.1 Å². The lowest BCUT2D eigenvalue weighted by Crippen LogP contribution is -2.25. The second-order valence-corrected chi connectivity index (χ2v) is 6.49. The van der Waals surface area contributed by atoms with Crippen LogP contribution in [0.4, 0.5) is 0 Å². The van der Waals surface area contributed by atoms with Gasteiger partial charge in [-0.15, -0.1) is 0 Å². The van der Waals surface area contributed by atoms with Gasteiger partial charge < -0.3 is 5.11 Å². The Hall–Kier alpha value is -0.730. The lowest BCUT2D eigenvalue weighted by Gasteiger charge is -2.23. The van der Waals surface area contributed by atoms with Crippen molar-refractivity contribution in [1.82, 2.24) is 4.90 Å². The average molecular weight is 268 g/mol. The molecule has 1 N–H and O–H groups in total. The molecule has 0 amide bonds. The van der Waals surface area contributed by atoms with Crippen molar-refractivity contribution in [1.29, 1.82) is 0 Å². The Morgan fingerprint density at radius 3 is 2.78 bits per heavy atom. The molecule has 2 nitrogen and oxygen atoms in total. The normalized spacial score (nSPS) is 20.6. The highest BCUT2D eigenvalue weighted by Gasteiger charge is 2.22. The molecule has 1 aromatic rings. The van der Waals surface area contributed by atoms with Gasteiger partial charge in [0.1, 0.15) is 5.75 Å². The molecule has 0 atom stereocenters. The lowest BCUT2D eigenvalue weighted by molar-refractivity contribution is 0.256. The summed E-state index contributed by atoms with van der Waals surface area (Å²) in [6, 6.07) is 5.50. The van der Waals surface area contributed by atoms with E-state index in [9.17, 15) is 5.11 Å². The molecule has 1 saturated heterocycles. The van der Waals surface area contributed by atoms with E-state index in [1.165, 1.54) is 24.8 Å². The van der Waals surface area contributed by atoms with Crippen molar-refractivity contribution >= 4 is 11.6 Å². The standard InChI is InChI=1S/C15H22ClNO/c1-15(2)6-3-8-17(9-7-15)11-12-4-5-14(18)13(16)10-12/h4-5,10,18H,3,6-9,11H2,1-2H3. The number of phenolic OH excluding ortho intramolecular Hbond substituents is 1. The molecule has 1 aliphatic heterocycles. The maximum Gasteiger partial charge on any atom is 0.134 e. The molecular weight excluding hydrogens is 246 g/mol. The second kappa shape index (κ2) is 5.50. The van der Waals surface area contributed by atoms with Gasteiger partial charge in [0.05, 0.1) is 5.02 Å². The summed E-state index contributed by atoms with van der Waals surface area (Å²) in [5, 5.41) is 9.86. The Labute approximate surface area is 115 Å². The van der Waals surface area contributed by atoms with Crippen LogP contribution < -0.4 is 0 Å². The van der Waals surface area contributed by atoms with Crippen molar-refractivity contribution in [3.63, 3.8) is 0 Å². The van der Waals surface area contributed by atoms with Gasteiger partial charge >= 0.3 is 0 Å². The van der Waals surface area contributed by atoms with Crippen LogP contribution in [0, 0.1) is 5.41 Å². The van der Waals surface area contributed by atoms with Crippen molar-refractivity contribution in [3.05, 3.63) is 28.8 Å². The highest BCUT2D eigenvalue weighted by atomic mass is 35.5. The van der Waals surface area contributed by atoms with E-state index in [-0.39, 0.29) is 5.75 Å². The number of likely N-dealkylation sites (tertiary alicyclic amines) is 1. The zero-order chi connectivity index (χ0) is 13.2. The van der Waals surface area contributed by atoms with Gasteiger partial charge in [0.25, 0.3) is 0 Å². The van der Waals surface area contributed by atoms with Crippen LogP contribution in [0.5, 0.6) is 5.75 Å². The number of halogens is 1. The monoisotopic (exact) mass is 267 g/mol. The van der Waals surface area contributed by atoms with E-state index in [2.05, 4.69) is 18.7 Å². The first-order valence-corrected chi connectivity index (χ1v) is 7.04. The highest BCUT2D eigenvalue weighted by molar-refractivity contribution is 6.32. The van der Waals surface area contributed by atoms with Gasteiger partial charge in [-0.25, -0.2) is 0 Å². The number of benzene rings is 1. The minimum absolute atomic E-state index is 0.164.